The monoisotopic (exact) mass is 487 g/mol. The van der Waals surface area contributed by atoms with E-state index in [-0.39, 0.29) is 18.2 Å². The van der Waals surface area contributed by atoms with Gasteiger partial charge in [0.25, 0.3) is 11.8 Å². The summed E-state index contributed by atoms with van der Waals surface area (Å²) in [6, 6.07) is 19.4. The molecule has 1 aliphatic heterocycles. The Hall–Kier alpha value is -4.33. The van der Waals surface area contributed by atoms with Gasteiger partial charge in [0.05, 0.1) is 32.2 Å². The van der Waals surface area contributed by atoms with E-state index >= 15 is 0 Å². The van der Waals surface area contributed by atoms with Crippen molar-refractivity contribution < 1.29 is 23.9 Å². The molecule has 0 saturated heterocycles. The maximum Gasteiger partial charge on any atom is 0.261 e. The van der Waals surface area contributed by atoms with Crippen LogP contribution in [0.2, 0.25) is 0 Å². The highest BCUT2D eigenvalue weighted by molar-refractivity contribution is 6.06. The topological polar surface area (TPSA) is 97.0 Å². The van der Waals surface area contributed by atoms with Crippen LogP contribution in [0.15, 0.2) is 66.7 Å². The molecule has 0 radical (unpaired) electrons. The van der Waals surface area contributed by atoms with Crippen molar-refractivity contribution in [3.05, 3.63) is 77.9 Å². The van der Waals surface area contributed by atoms with E-state index in [1.165, 1.54) is 12.1 Å². The molecule has 8 heteroatoms. The highest BCUT2D eigenvalue weighted by Crippen LogP contribution is 2.40. The minimum Gasteiger partial charge on any atom is -0.497 e. The predicted octanol–water partition coefficient (Wildman–Crippen LogP) is 3.60. The number of nitrogens with zero attached hydrogens (tertiary/aromatic N) is 1. The highest BCUT2D eigenvalue weighted by Gasteiger charge is 2.33. The smallest absolute Gasteiger partial charge is 0.261 e. The lowest BCUT2D eigenvalue weighted by Gasteiger charge is -2.27. The molecule has 8 nitrogen and oxygen atoms in total. The van der Waals surface area contributed by atoms with Crippen molar-refractivity contribution in [2.75, 3.05) is 19.2 Å². The maximum absolute atomic E-state index is 13.4. The van der Waals surface area contributed by atoms with Gasteiger partial charge in [-0.2, -0.15) is 0 Å². The molecule has 4 rings (SSSR count). The molecular weight excluding hydrogens is 458 g/mol. The third-order valence-corrected chi connectivity index (χ3v) is 6.28. The number of ether oxygens (including phenoxy) is 2. The summed E-state index contributed by atoms with van der Waals surface area (Å²) < 4.78 is 10.6. The van der Waals surface area contributed by atoms with Gasteiger partial charge in [-0.15, -0.1) is 0 Å². The van der Waals surface area contributed by atoms with Crippen molar-refractivity contribution >= 4 is 23.4 Å². The second-order valence-electron chi connectivity index (χ2n) is 8.62. The van der Waals surface area contributed by atoms with Gasteiger partial charge in [0.1, 0.15) is 17.5 Å². The number of carbonyl (C=O) groups is 3. The molecular formula is C28H29N3O5. The fourth-order valence-corrected chi connectivity index (χ4v) is 4.34. The summed E-state index contributed by atoms with van der Waals surface area (Å²) in [6.07, 6.45) is -0.00415. The molecule has 0 aromatic heterocycles. The molecule has 1 aliphatic rings. The SMILES string of the molecule is COc1ccc(OC)c(CC(=O)N[C@@H](C)C(=O)NN2C(=O)C(C)c3ccccc3-c3ccccc32)c1. The summed E-state index contributed by atoms with van der Waals surface area (Å²) >= 11 is 0. The predicted molar refractivity (Wildman–Crippen MR) is 137 cm³/mol. The Bertz CT molecular complexity index is 1310. The van der Waals surface area contributed by atoms with Crippen LogP contribution in [0, 0.1) is 0 Å². The molecule has 3 aromatic rings. The molecule has 0 bridgehead atoms. The number of hydrazine groups is 1. The summed E-state index contributed by atoms with van der Waals surface area (Å²) in [5.74, 6) is -0.476. The molecule has 0 aliphatic carbocycles. The molecule has 3 aromatic carbocycles. The number of anilines is 1. The minimum atomic E-state index is -0.894. The van der Waals surface area contributed by atoms with Crippen molar-refractivity contribution in [1.29, 1.82) is 0 Å². The average Bonchev–Trinajstić information content (AvgIpc) is 2.98. The Morgan fingerprint density at radius 2 is 1.67 bits per heavy atom. The van der Waals surface area contributed by atoms with E-state index in [0.717, 1.165) is 16.7 Å². The second-order valence-corrected chi connectivity index (χ2v) is 8.62. The van der Waals surface area contributed by atoms with E-state index in [2.05, 4.69) is 10.7 Å². The number of amides is 3. The van der Waals surface area contributed by atoms with Gasteiger partial charge in [0.15, 0.2) is 0 Å². The van der Waals surface area contributed by atoms with Crippen LogP contribution in [0.4, 0.5) is 5.69 Å². The van der Waals surface area contributed by atoms with E-state index in [1.807, 2.05) is 49.4 Å². The number of nitrogens with one attached hydrogen (secondary N) is 2. The van der Waals surface area contributed by atoms with Crippen LogP contribution in [-0.2, 0) is 20.8 Å². The number of benzene rings is 3. The highest BCUT2D eigenvalue weighted by atomic mass is 16.5. The summed E-state index contributed by atoms with van der Waals surface area (Å²) in [7, 11) is 3.06. The van der Waals surface area contributed by atoms with Crippen LogP contribution in [0.1, 0.15) is 30.9 Å². The Balaban J connectivity index is 1.51. The summed E-state index contributed by atoms with van der Waals surface area (Å²) in [5.41, 5.74) is 6.60. The van der Waals surface area contributed by atoms with E-state index in [1.54, 1.807) is 38.3 Å². The fourth-order valence-electron chi connectivity index (χ4n) is 4.34. The molecule has 0 fully saturated rings. The third kappa shape index (κ3) is 4.88. The molecule has 2 N–H and O–H groups in total. The van der Waals surface area contributed by atoms with Gasteiger partial charge < -0.3 is 14.8 Å². The number of methoxy groups -OCH3 is 2. The summed E-state index contributed by atoms with van der Waals surface area (Å²) in [5, 5.41) is 3.99. The lowest BCUT2D eigenvalue weighted by atomic mass is 9.92. The van der Waals surface area contributed by atoms with Gasteiger partial charge in [-0.1, -0.05) is 42.5 Å². The molecule has 1 heterocycles. The molecule has 36 heavy (non-hydrogen) atoms. The number of hydrogen-bond acceptors (Lipinski definition) is 5. The Morgan fingerprint density at radius 3 is 2.39 bits per heavy atom. The van der Waals surface area contributed by atoms with Crippen LogP contribution in [0.25, 0.3) is 11.1 Å². The van der Waals surface area contributed by atoms with Crippen LogP contribution < -0.4 is 25.2 Å². The van der Waals surface area contributed by atoms with Gasteiger partial charge in [-0.05, 0) is 49.2 Å². The average molecular weight is 488 g/mol. The third-order valence-electron chi connectivity index (χ3n) is 6.28. The molecule has 3 amide bonds. The minimum absolute atomic E-state index is 0.00415. The number of rotatable bonds is 7. The number of para-hydroxylation sites is 1. The summed E-state index contributed by atoms with van der Waals surface area (Å²) in [4.78, 5) is 39.3. The van der Waals surface area contributed by atoms with E-state index in [4.69, 9.17) is 9.47 Å². The van der Waals surface area contributed by atoms with Crippen molar-refractivity contribution in [3.63, 3.8) is 0 Å². The lowest BCUT2D eigenvalue weighted by Crippen LogP contribution is -2.54. The Kier molecular flexibility index (Phi) is 7.24. The van der Waals surface area contributed by atoms with Crippen LogP contribution in [-0.4, -0.2) is 38.0 Å². The fraction of sp³-hybridized carbons (Fsp3) is 0.250. The van der Waals surface area contributed by atoms with Gasteiger partial charge in [-0.25, -0.2) is 5.01 Å². The van der Waals surface area contributed by atoms with Gasteiger partial charge >= 0.3 is 0 Å². The summed E-state index contributed by atoms with van der Waals surface area (Å²) in [6.45, 7) is 3.39. The Morgan fingerprint density at radius 1 is 0.972 bits per heavy atom. The molecule has 0 saturated carbocycles. The zero-order valence-electron chi connectivity index (χ0n) is 20.7. The van der Waals surface area contributed by atoms with Crippen molar-refractivity contribution in [2.45, 2.75) is 32.2 Å². The lowest BCUT2D eigenvalue weighted by molar-refractivity contribution is -0.130. The van der Waals surface area contributed by atoms with E-state index in [9.17, 15) is 14.4 Å². The normalized spacial score (nSPS) is 15.2. The van der Waals surface area contributed by atoms with Crippen LogP contribution in [0.3, 0.4) is 0 Å². The number of hydrogen-bond donors (Lipinski definition) is 2. The Labute approximate surface area is 210 Å². The van der Waals surface area contributed by atoms with E-state index < -0.39 is 17.9 Å². The first-order valence-corrected chi connectivity index (χ1v) is 11.7. The first-order valence-electron chi connectivity index (χ1n) is 11.7. The second kappa shape index (κ2) is 10.5. The molecule has 186 valence electrons. The number of fused-ring (bicyclic) bond motifs is 3. The van der Waals surface area contributed by atoms with Crippen molar-refractivity contribution in [3.8, 4) is 22.6 Å². The largest absolute Gasteiger partial charge is 0.497 e. The van der Waals surface area contributed by atoms with E-state index in [0.29, 0.717) is 22.7 Å². The van der Waals surface area contributed by atoms with Crippen LogP contribution >= 0.6 is 0 Å². The van der Waals surface area contributed by atoms with Gasteiger partial charge in [0, 0.05) is 11.1 Å². The molecule has 0 spiro atoms. The first kappa shape index (κ1) is 24.8. The van der Waals surface area contributed by atoms with Gasteiger partial charge in [-0.3, -0.25) is 19.8 Å². The van der Waals surface area contributed by atoms with Crippen LogP contribution in [0.5, 0.6) is 11.5 Å². The standard InChI is InChI=1S/C28H29N3O5/c1-17-21-9-5-6-10-22(21)23-11-7-8-12-24(23)31(28(17)34)30-27(33)18(2)29-26(32)16-19-15-20(35-3)13-14-25(19)36-4/h5-15,17-18H,16H2,1-4H3,(H,29,32)(H,30,33)/t17?,18-/m0/s1. The molecule has 1 unspecified atom stereocenters. The first-order chi connectivity index (χ1) is 17.3. The van der Waals surface area contributed by atoms with Gasteiger partial charge in [0.2, 0.25) is 5.91 Å². The zero-order valence-corrected chi connectivity index (χ0v) is 20.7. The van der Waals surface area contributed by atoms with Crippen molar-refractivity contribution in [1.82, 2.24) is 10.7 Å². The zero-order chi connectivity index (χ0) is 25.8. The van der Waals surface area contributed by atoms with Crippen molar-refractivity contribution in [2.24, 2.45) is 0 Å². The maximum atomic E-state index is 13.4. The quantitative estimate of drug-likeness (QED) is 0.531. The molecule has 2 atom stereocenters. The number of carbonyl (C=O) groups excluding carboxylic acids is 3.